The second-order valence-electron chi connectivity index (χ2n) is 5.39. The quantitative estimate of drug-likeness (QED) is 0.537. The number of nitriles is 1. The Morgan fingerprint density at radius 3 is 1.88 bits per heavy atom. The highest BCUT2D eigenvalue weighted by Crippen LogP contribution is 2.11. The van der Waals surface area contributed by atoms with Crippen molar-refractivity contribution in [3.63, 3.8) is 0 Å². The van der Waals surface area contributed by atoms with E-state index in [4.69, 9.17) is 24.8 Å². The molecular formula is C11H21NO4. The van der Waals surface area contributed by atoms with Crippen molar-refractivity contribution in [2.45, 2.75) is 58.8 Å². The van der Waals surface area contributed by atoms with Crippen LogP contribution in [0.4, 0.5) is 0 Å². The predicted molar refractivity (Wildman–Crippen MR) is 58.1 cm³/mol. The lowest BCUT2D eigenvalue weighted by Gasteiger charge is -2.21. The lowest BCUT2D eigenvalue weighted by atomic mass is 10.2. The topological polar surface area (TPSA) is 60.7 Å². The smallest absolute Gasteiger partial charge is 0.205 e. The molecule has 0 rings (SSSR count). The largest absolute Gasteiger partial charge is 0.232 e. The molecule has 0 aliphatic carbocycles. The number of hydrogen-bond donors (Lipinski definition) is 0. The molecule has 0 spiro atoms. The molecule has 1 unspecified atom stereocenters. The third-order valence-electron chi connectivity index (χ3n) is 1.09. The summed E-state index contributed by atoms with van der Waals surface area (Å²) >= 11 is 0. The average Bonchev–Trinajstić information content (AvgIpc) is 2.07. The van der Waals surface area contributed by atoms with Crippen molar-refractivity contribution in [2.24, 2.45) is 0 Å². The first-order valence-corrected chi connectivity index (χ1v) is 5.19. The van der Waals surface area contributed by atoms with Crippen molar-refractivity contribution >= 4 is 0 Å². The maximum atomic E-state index is 8.76. The van der Waals surface area contributed by atoms with Crippen molar-refractivity contribution in [2.75, 3.05) is 6.61 Å². The molecule has 5 nitrogen and oxygen atoms in total. The highest BCUT2D eigenvalue weighted by molar-refractivity contribution is 4.82. The van der Waals surface area contributed by atoms with Crippen molar-refractivity contribution in [1.29, 1.82) is 5.26 Å². The molecule has 0 saturated carbocycles. The molecule has 16 heavy (non-hydrogen) atoms. The minimum atomic E-state index is -0.804. The molecule has 5 heteroatoms. The first kappa shape index (κ1) is 15.3. The normalized spacial score (nSPS) is 14.6. The minimum absolute atomic E-state index is 0.00382. The fourth-order valence-corrected chi connectivity index (χ4v) is 0.562. The Morgan fingerprint density at radius 1 is 1.00 bits per heavy atom. The van der Waals surface area contributed by atoms with Crippen LogP contribution in [0.5, 0.6) is 0 Å². The minimum Gasteiger partial charge on any atom is -0.232 e. The maximum Gasteiger partial charge on any atom is 0.205 e. The average molecular weight is 231 g/mol. The molecule has 0 radical (unpaired) electrons. The lowest BCUT2D eigenvalue weighted by Crippen LogP contribution is -2.28. The third kappa shape index (κ3) is 9.87. The Morgan fingerprint density at radius 2 is 1.50 bits per heavy atom. The van der Waals surface area contributed by atoms with E-state index in [2.05, 4.69) is 0 Å². The van der Waals surface area contributed by atoms with E-state index in [1.165, 1.54) is 0 Å². The van der Waals surface area contributed by atoms with Crippen molar-refractivity contribution in [3.8, 4) is 6.07 Å². The summed E-state index contributed by atoms with van der Waals surface area (Å²) in [6.07, 6.45) is -0.804. The number of rotatable bonds is 5. The Hall–Kier alpha value is -0.670. The van der Waals surface area contributed by atoms with E-state index in [-0.39, 0.29) is 6.61 Å². The summed E-state index contributed by atoms with van der Waals surface area (Å²) < 4.78 is 0. The Kier molecular flexibility index (Phi) is 5.90. The summed E-state index contributed by atoms with van der Waals surface area (Å²) in [6, 6.07) is 1.91. The van der Waals surface area contributed by atoms with Crippen LogP contribution in [-0.2, 0) is 19.6 Å². The van der Waals surface area contributed by atoms with Crippen molar-refractivity contribution in [3.05, 3.63) is 0 Å². The molecular weight excluding hydrogens is 210 g/mol. The molecule has 0 bridgehead atoms. The monoisotopic (exact) mass is 231 g/mol. The molecule has 0 aliphatic rings. The van der Waals surface area contributed by atoms with Gasteiger partial charge in [0.05, 0.1) is 11.2 Å². The summed E-state index contributed by atoms with van der Waals surface area (Å²) in [7, 11) is 0. The van der Waals surface area contributed by atoms with E-state index in [1.54, 1.807) is 0 Å². The van der Waals surface area contributed by atoms with Gasteiger partial charge in [0.1, 0.15) is 12.7 Å². The van der Waals surface area contributed by atoms with Crippen LogP contribution in [0.25, 0.3) is 0 Å². The van der Waals surface area contributed by atoms with Gasteiger partial charge in [0.15, 0.2) is 0 Å². The van der Waals surface area contributed by atoms with E-state index in [0.717, 1.165) is 0 Å². The molecule has 0 saturated heterocycles. The van der Waals surface area contributed by atoms with Gasteiger partial charge in [-0.15, -0.1) is 0 Å². The van der Waals surface area contributed by atoms with Gasteiger partial charge < -0.3 is 0 Å². The summed E-state index contributed by atoms with van der Waals surface area (Å²) in [6.45, 7) is 11.0. The highest BCUT2D eigenvalue weighted by Gasteiger charge is 2.19. The van der Waals surface area contributed by atoms with E-state index < -0.39 is 17.3 Å². The summed E-state index contributed by atoms with van der Waals surface area (Å²) in [5.74, 6) is 0. The molecule has 94 valence electrons. The van der Waals surface area contributed by atoms with Gasteiger partial charge in [0, 0.05) is 0 Å². The van der Waals surface area contributed by atoms with Gasteiger partial charge >= 0.3 is 0 Å². The van der Waals surface area contributed by atoms with Crippen LogP contribution in [0, 0.1) is 11.3 Å². The first-order valence-electron chi connectivity index (χ1n) is 5.19. The molecule has 0 fully saturated rings. The fraction of sp³-hybridized carbons (Fsp3) is 0.909. The zero-order valence-corrected chi connectivity index (χ0v) is 10.9. The second-order valence-corrected chi connectivity index (χ2v) is 5.39. The number of nitrogens with zero attached hydrogens (tertiary/aromatic N) is 1. The van der Waals surface area contributed by atoms with Gasteiger partial charge in [0.25, 0.3) is 0 Å². The number of hydrogen-bond acceptors (Lipinski definition) is 5. The van der Waals surface area contributed by atoms with Crippen molar-refractivity contribution in [1.82, 2.24) is 0 Å². The molecule has 0 heterocycles. The molecule has 0 aromatic heterocycles. The van der Waals surface area contributed by atoms with Gasteiger partial charge in [-0.1, -0.05) is 0 Å². The highest BCUT2D eigenvalue weighted by atomic mass is 17.2. The summed E-state index contributed by atoms with van der Waals surface area (Å²) in [4.78, 5) is 19.8. The molecule has 1 atom stereocenters. The zero-order valence-electron chi connectivity index (χ0n) is 10.9. The van der Waals surface area contributed by atoms with E-state index >= 15 is 0 Å². The Bertz CT molecular complexity index is 234. The van der Waals surface area contributed by atoms with Crippen LogP contribution in [0.1, 0.15) is 41.5 Å². The van der Waals surface area contributed by atoms with Crippen molar-refractivity contribution < 1.29 is 19.6 Å². The van der Waals surface area contributed by atoms with Gasteiger partial charge in [-0.3, -0.25) is 0 Å². The molecule has 0 N–H and O–H groups in total. The van der Waals surface area contributed by atoms with E-state index in [1.807, 2.05) is 47.6 Å². The first-order chi connectivity index (χ1) is 7.14. The summed E-state index contributed by atoms with van der Waals surface area (Å²) in [5.41, 5.74) is -0.870. The van der Waals surface area contributed by atoms with Gasteiger partial charge in [-0.25, -0.2) is 19.6 Å². The van der Waals surface area contributed by atoms with Crippen LogP contribution in [0.3, 0.4) is 0 Å². The van der Waals surface area contributed by atoms with Crippen LogP contribution < -0.4 is 0 Å². The maximum absolute atomic E-state index is 8.76. The van der Waals surface area contributed by atoms with E-state index in [9.17, 15) is 0 Å². The zero-order chi connectivity index (χ0) is 12.8. The predicted octanol–water partition coefficient (Wildman–Crippen LogP) is 2.37. The molecule has 0 aromatic carbocycles. The van der Waals surface area contributed by atoms with Gasteiger partial charge in [0.2, 0.25) is 6.10 Å². The van der Waals surface area contributed by atoms with Gasteiger partial charge in [-0.05, 0) is 41.5 Å². The second kappa shape index (κ2) is 6.16. The molecule has 0 aliphatic heterocycles. The molecule has 0 aromatic rings. The van der Waals surface area contributed by atoms with Crippen LogP contribution in [0.15, 0.2) is 0 Å². The van der Waals surface area contributed by atoms with Crippen LogP contribution in [0.2, 0.25) is 0 Å². The SMILES string of the molecule is CC(C)(C)OOCC(C#N)OOC(C)(C)C. The van der Waals surface area contributed by atoms with Crippen LogP contribution in [-0.4, -0.2) is 23.9 Å². The van der Waals surface area contributed by atoms with Crippen LogP contribution >= 0.6 is 0 Å². The standard InChI is InChI=1S/C11H21NO4/c1-10(2,3)15-13-8-9(7-12)14-16-11(4,5)6/h9H,8H2,1-6H3. The fourth-order valence-electron chi connectivity index (χ4n) is 0.562. The lowest BCUT2D eigenvalue weighted by molar-refractivity contribution is -0.401. The Balaban J connectivity index is 3.82. The molecule has 0 amide bonds. The van der Waals surface area contributed by atoms with E-state index in [0.29, 0.717) is 0 Å². The summed E-state index contributed by atoms with van der Waals surface area (Å²) in [5, 5.41) is 8.76. The Labute approximate surface area is 97.1 Å². The third-order valence-corrected chi connectivity index (χ3v) is 1.09. The van der Waals surface area contributed by atoms with Gasteiger partial charge in [-0.2, -0.15) is 5.26 Å².